The number of nitrogens with zero attached hydrogens (tertiary/aromatic N) is 2. The minimum Gasteiger partial charge on any atom is -0.355 e. The smallest absolute Gasteiger partial charge is 0.294 e. The van der Waals surface area contributed by atoms with E-state index in [4.69, 9.17) is 9.97 Å². The number of fused-ring (bicyclic) bond motifs is 8. The third-order valence-electron chi connectivity index (χ3n) is 9.24. The van der Waals surface area contributed by atoms with Crippen LogP contribution in [0.15, 0.2) is 107 Å². The minimum absolute atomic E-state index is 0.210. The molecule has 52 heavy (non-hydrogen) atoms. The van der Waals surface area contributed by atoms with Gasteiger partial charge in [-0.15, -0.1) is 0 Å². The van der Waals surface area contributed by atoms with Crippen LogP contribution in [-0.4, -0.2) is 45.9 Å². The van der Waals surface area contributed by atoms with Crippen molar-refractivity contribution in [3.05, 3.63) is 131 Å². The van der Waals surface area contributed by atoms with Gasteiger partial charge in [-0.1, -0.05) is 54.1 Å². The first-order chi connectivity index (χ1) is 24.8. The molecule has 258 valence electrons. The highest BCUT2D eigenvalue weighted by Gasteiger charge is 2.19. The van der Waals surface area contributed by atoms with E-state index in [9.17, 15) is 25.9 Å². The Balaban J connectivity index is 1.50. The van der Waals surface area contributed by atoms with E-state index in [2.05, 4.69) is 9.97 Å². The summed E-state index contributed by atoms with van der Waals surface area (Å²) >= 11 is 0. The van der Waals surface area contributed by atoms with Crippen molar-refractivity contribution < 1.29 is 25.9 Å². The zero-order chi connectivity index (χ0) is 36.4. The molecule has 3 aromatic heterocycles. The standard InChI is InChI=1S/C40H30N4O6S2/c1-23-3-5-25(6-4-23)38-34-19-21-36(43-34)39(26-7-11-28(12-8-26)51(45,46)47)32-17-15-30(41-32)24(2)31-16-18-33(42-31)40(37-22-20-35(38)44-37)27-9-13-29(14-10-27)52(48,49)50/h3-22,41,44H,1-2H3,(H,45,46,47)(H,48,49,50). The van der Waals surface area contributed by atoms with E-state index >= 15 is 0 Å². The number of benzene rings is 3. The lowest BCUT2D eigenvalue weighted by Crippen LogP contribution is -1.97. The highest BCUT2D eigenvalue weighted by molar-refractivity contribution is 7.86. The molecule has 8 bridgehead atoms. The fourth-order valence-corrected chi connectivity index (χ4v) is 7.53. The van der Waals surface area contributed by atoms with Crippen LogP contribution in [0.3, 0.4) is 0 Å². The SMILES string of the molecule is Cc1ccc(-c2c3nc(c(-c4ccc(S(=O)(=O)O)cc4)c4ccc([nH]4)c(C)c4nc(c(-c5ccc(S(=O)(=O)O)cc5)c5ccc2[nH]5)C=C4)C=C3)cc1. The van der Waals surface area contributed by atoms with Gasteiger partial charge < -0.3 is 9.97 Å². The van der Waals surface area contributed by atoms with Crippen LogP contribution in [0, 0.1) is 13.8 Å². The summed E-state index contributed by atoms with van der Waals surface area (Å²) in [4.78, 5) is 16.9. The maximum atomic E-state index is 11.9. The fraction of sp³-hybridized carbons (Fsp3) is 0.0500. The minimum atomic E-state index is -4.39. The summed E-state index contributed by atoms with van der Waals surface area (Å²) in [6.45, 7) is 3.98. The monoisotopic (exact) mass is 726 g/mol. The van der Waals surface area contributed by atoms with Gasteiger partial charge in [-0.05, 0) is 109 Å². The zero-order valence-electron chi connectivity index (χ0n) is 27.8. The molecule has 10 nitrogen and oxygen atoms in total. The second-order valence-electron chi connectivity index (χ2n) is 12.6. The number of hydrogen-bond donors (Lipinski definition) is 4. The first-order valence-corrected chi connectivity index (χ1v) is 19.1. The van der Waals surface area contributed by atoms with Crippen molar-refractivity contribution >= 4 is 66.6 Å². The molecule has 0 fully saturated rings. The van der Waals surface area contributed by atoms with Crippen LogP contribution in [0.2, 0.25) is 0 Å². The van der Waals surface area contributed by atoms with E-state index in [0.29, 0.717) is 33.9 Å². The van der Waals surface area contributed by atoms with Gasteiger partial charge in [0.15, 0.2) is 0 Å². The molecule has 0 aliphatic carbocycles. The molecule has 0 unspecified atom stereocenters. The van der Waals surface area contributed by atoms with Crippen LogP contribution in [0.25, 0.3) is 79.8 Å². The lowest BCUT2D eigenvalue weighted by Gasteiger charge is -2.07. The molecular formula is C40H30N4O6S2. The Bertz CT molecular complexity index is 2810. The van der Waals surface area contributed by atoms with Gasteiger partial charge >= 0.3 is 0 Å². The molecule has 12 heteroatoms. The first-order valence-electron chi connectivity index (χ1n) is 16.2. The molecule has 2 aliphatic rings. The lowest BCUT2D eigenvalue weighted by atomic mass is 10.0. The van der Waals surface area contributed by atoms with Crippen molar-refractivity contribution in [1.29, 1.82) is 0 Å². The lowest BCUT2D eigenvalue weighted by molar-refractivity contribution is 0.481. The number of nitrogens with one attached hydrogen (secondary N) is 2. The van der Waals surface area contributed by atoms with Crippen LogP contribution in [0.5, 0.6) is 0 Å². The first kappa shape index (κ1) is 33.2. The average Bonchev–Trinajstić information content (AvgIpc) is 3.95. The number of H-pyrrole nitrogens is 2. The largest absolute Gasteiger partial charge is 0.355 e. The Hall–Kier alpha value is -5.92. The van der Waals surface area contributed by atoms with Crippen LogP contribution < -0.4 is 0 Å². The summed E-state index contributed by atoms with van der Waals surface area (Å²) in [6.07, 6.45) is 7.71. The van der Waals surface area contributed by atoms with E-state index in [0.717, 1.165) is 55.4 Å². The summed E-state index contributed by atoms with van der Waals surface area (Å²) in [7, 11) is -8.77. The summed E-state index contributed by atoms with van der Waals surface area (Å²) in [5, 5.41) is 0. The Kier molecular flexibility index (Phi) is 7.92. The van der Waals surface area contributed by atoms with Gasteiger partial charge in [0.1, 0.15) is 0 Å². The summed E-state index contributed by atoms with van der Waals surface area (Å²) in [6, 6.07) is 28.0. The summed E-state index contributed by atoms with van der Waals surface area (Å²) in [5.74, 6) is 0. The molecule has 4 N–H and O–H groups in total. The predicted molar refractivity (Wildman–Crippen MR) is 204 cm³/mol. The molecule has 0 spiro atoms. The van der Waals surface area contributed by atoms with Crippen LogP contribution >= 0.6 is 0 Å². The molecule has 0 saturated carbocycles. The highest BCUT2D eigenvalue weighted by Crippen LogP contribution is 2.37. The van der Waals surface area contributed by atoms with E-state index in [1.807, 2.05) is 86.7 Å². The number of aryl methyl sites for hydroxylation is 2. The van der Waals surface area contributed by atoms with Gasteiger partial charge in [0.05, 0.1) is 32.6 Å². The molecule has 6 aromatic rings. The van der Waals surface area contributed by atoms with Gasteiger partial charge in [0.25, 0.3) is 20.2 Å². The Morgan fingerprint density at radius 3 is 1.17 bits per heavy atom. The number of aromatic nitrogens is 4. The normalized spacial score (nSPS) is 12.8. The van der Waals surface area contributed by atoms with E-state index in [-0.39, 0.29) is 9.79 Å². The van der Waals surface area contributed by atoms with Gasteiger partial charge in [-0.2, -0.15) is 16.8 Å². The molecule has 8 rings (SSSR count). The van der Waals surface area contributed by atoms with Gasteiger partial charge in [-0.25, -0.2) is 9.97 Å². The van der Waals surface area contributed by atoms with Crippen LogP contribution in [0.1, 0.15) is 33.9 Å². The molecule has 0 radical (unpaired) electrons. The Morgan fingerprint density at radius 2 is 0.769 bits per heavy atom. The van der Waals surface area contributed by atoms with Crippen molar-refractivity contribution in [3.8, 4) is 33.4 Å². The third kappa shape index (κ3) is 6.07. The molecular weight excluding hydrogens is 697 g/mol. The maximum absolute atomic E-state index is 11.9. The van der Waals surface area contributed by atoms with E-state index < -0.39 is 20.2 Å². The Morgan fingerprint density at radius 1 is 0.442 bits per heavy atom. The number of aromatic amines is 2. The van der Waals surface area contributed by atoms with Crippen molar-refractivity contribution in [2.24, 2.45) is 0 Å². The zero-order valence-corrected chi connectivity index (χ0v) is 29.4. The van der Waals surface area contributed by atoms with E-state index in [1.165, 1.54) is 24.3 Å². The van der Waals surface area contributed by atoms with Gasteiger partial charge in [-0.3, -0.25) is 9.11 Å². The second-order valence-corrected chi connectivity index (χ2v) is 15.5. The van der Waals surface area contributed by atoms with Crippen molar-refractivity contribution in [3.63, 3.8) is 0 Å². The average molecular weight is 727 g/mol. The summed E-state index contributed by atoms with van der Waals surface area (Å²) < 4.78 is 66.7. The predicted octanol–water partition coefficient (Wildman–Crippen LogP) is 8.77. The van der Waals surface area contributed by atoms with Crippen molar-refractivity contribution in [2.45, 2.75) is 23.6 Å². The van der Waals surface area contributed by atoms with Crippen LogP contribution in [-0.2, 0) is 20.2 Å². The molecule has 0 atom stereocenters. The molecule has 3 aromatic carbocycles. The fourth-order valence-electron chi connectivity index (χ4n) is 6.57. The topological polar surface area (TPSA) is 166 Å². The third-order valence-corrected chi connectivity index (χ3v) is 11.0. The number of rotatable bonds is 5. The van der Waals surface area contributed by atoms with Crippen molar-refractivity contribution in [1.82, 2.24) is 19.9 Å². The quantitative estimate of drug-likeness (QED) is 0.128. The summed E-state index contributed by atoms with van der Waals surface area (Å²) in [5.41, 5.74) is 12.3. The highest BCUT2D eigenvalue weighted by atomic mass is 32.2. The van der Waals surface area contributed by atoms with Crippen LogP contribution in [0.4, 0.5) is 0 Å². The van der Waals surface area contributed by atoms with Gasteiger partial charge in [0, 0.05) is 38.8 Å². The van der Waals surface area contributed by atoms with E-state index in [1.54, 1.807) is 24.3 Å². The number of hydrogen-bond acceptors (Lipinski definition) is 6. The molecule has 0 amide bonds. The molecule has 0 saturated heterocycles. The Labute approximate surface area is 299 Å². The van der Waals surface area contributed by atoms with Gasteiger partial charge in [0.2, 0.25) is 0 Å². The molecule has 2 aliphatic heterocycles. The molecule has 5 heterocycles. The second kappa shape index (κ2) is 12.4. The maximum Gasteiger partial charge on any atom is 0.294 e. The van der Waals surface area contributed by atoms with Crippen molar-refractivity contribution in [2.75, 3.05) is 0 Å².